The number of carbonyl (C=O) groups excluding carboxylic acids is 1. The average molecular weight is 181 g/mol. The van der Waals surface area contributed by atoms with Gasteiger partial charge in [-0.05, 0) is 6.07 Å². The molecule has 0 fully saturated rings. The maximum absolute atomic E-state index is 10.9. The first-order chi connectivity index (χ1) is 6.27. The van der Waals surface area contributed by atoms with Crippen LogP contribution in [0.2, 0.25) is 0 Å². The Labute approximate surface area is 75.3 Å². The fourth-order valence-electron chi connectivity index (χ4n) is 0.811. The number of amides is 1. The molecule has 6 heteroatoms. The molecule has 0 bridgehead atoms. The van der Waals surface area contributed by atoms with Crippen LogP contribution < -0.4 is 16.8 Å². The second-order valence-electron chi connectivity index (χ2n) is 2.36. The van der Waals surface area contributed by atoms with Gasteiger partial charge < -0.3 is 16.8 Å². The molecule has 1 aromatic heterocycles. The number of nitrogens with zero attached hydrogens (tertiary/aromatic N) is 2. The Morgan fingerprint density at radius 2 is 2.31 bits per heavy atom. The first-order valence-electron chi connectivity index (χ1n) is 3.78. The van der Waals surface area contributed by atoms with Crippen LogP contribution in [0.3, 0.4) is 0 Å². The third-order valence-corrected chi connectivity index (χ3v) is 1.47. The van der Waals surface area contributed by atoms with Gasteiger partial charge in [-0.25, -0.2) is 0 Å². The number of rotatable bonds is 3. The van der Waals surface area contributed by atoms with E-state index in [9.17, 15) is 4.79 Å². The highest BCUT2D eigenvalue weighted by Gasteiger charge is 2.04. The van der Waals surface area contributed by atoms with Crippen molar-refractivity contribution in [2.45, 2.75) is 6.54 Å². The van der Waals surface area contributed by atoms with Gasteiger partial charge in [0.2, 0.25) is 5.91 Å². The first-order valence-corrected chi connectivity index (χ1v) is 3.78. The lowest BCUT2D eigenvalue weighted by atomic mass is 10.3. The van der Waals surface area contributed by atoms with Crippen molar-refractivity contribution in [3.63, 3.8) is 0 Å². The molecule has 70 valence electrons. The van der Waals surface area contributed by atoms with Gasteiger partial charge in [-0.3, -0.25) is 4.79 Å². The van der Waals surface area contributed by atoms with Gasteiger partial charge in [-0.15, -0.1) is 5.10 Å². The Kier molecular flexibility index (Phi) is 3.30. The summed E-state index contributed by atoms with van der Waals surface area (Å²) >= 11 is 0. The second-order valence-corrected chi connectivity index (χ2v) is 2.36. The molecule has 0 unspecified atom stereocenters. The normalized spacial score (nSPS) is 9.69. The Balaban J connectivity index is 2.81. The van der Waals surface area contributed by atoms with Crippen LogP contribution >= 0.6 is 0 Å². The van der Waals surface area contributed by atoms with Crippen LogP contribution in [0.4, 0.5) is 5.82 Å². The van der Waals surface area contributed by atoms with Gasteiger partial charge in [0, 0.05) is 12.1 Å². The van der Waals surface area contributed by atoms with Crippen molar-refractivity contribution in [1.82, 2.24) is 10.2 Å². The Bertz CT molecular complexity index is 301. The van der Waals surface area contributed by atoms with Crippen LogP contribution in [0, 0.1) is 0 Å². The van der Waals surface area contributed by atoms with Gasteiger partial charge in [-0.2, -0.15) is 5.10 Å². The lowest BCUT2D eigenvalue weighted by molar-refractivity contribution is -0.114. The molecule has 1 amide bonds. The molecular weight excluding hydrogens is 170 g/mol. The third kappa shape index (κ3) is 2.46. The molecule has 0 aliphatic heterocycles. The van der Waals surface area contributed by atoms with E-state index in [2.05, 4.69) is 15.5 Å². The average Bonchev–Trinajstić information content (AvgIpc) is 2.18. The number of anilines is 1. The fraction of sp³-hybridized carbons (Fsp3) is 0.286. The van der Waals surface area contributed by atoms with E-state index in [1.165, 1.54) is 6.20 Å². The molecule has 0 atom stereocenters. The molecular formula is C7H11N5O. The Morgan fingerprint density at radius 3 is 2.92 bits per heavy atom. The predicted octanol–water partition coefficient (Wildman–Crippen LogP) is -1.17. The van der Waals surface area contributed by atoms with Crippen molar-refractivity contribution in [2.24, 2.45) is 11.5 Å². The molecule has 0 saturated heterocycles. The number of aromatic nitrogens is 2. The van der Waals surface area contributed by atoms with Crippen LogP contribution in [-0.2, 0) is 11.3 Å². The van der Waals surface area contributed by atoms with Crippen molar-refractivity contribution in [1.29, 1.82) is 0 Å². The molecule has 5 N–H and O–H groups in total. The number of hydrogen-bond acceptors (Lipinski definition) is 5. The minimum absolute atomic E-state index is 0.0828. The summed E-state index contributed by atoms with van der Waals surface area (Å²) in [6.45, 7) is 0.219. The van der Waals surface area contributed by atoms with Crippen molar-refractivity contribution in [2.75, 3.05) is 11.9 Å². The summed E-state index contributed by atoms with van der Waals surface area (Å²) < 4.78 is 0. The van der Waals surface area contributed by atoms with E-state index in [1.54, 1.807) is 6.07 Å². The van der Waals surface area contributed by atoms with Crippen LogP contribution in [0.1, 0.15) is 5.56 Å². The highest BCUT2D eigenvalue weighted by molar-refractivity contribution is 5.91. The summed E-state index contributed by atoms with van der Waals surface area (Å²) in [4.78, 5) is 10.9. The summed E-state index contributed by atoms with van der Waals surface area (Å²) in [5.41, 5.74) is 11.3. The zero-order valence-electron chi connectivity index (χ0n) is 7.03. The maximum atomic E-state index is 10.9. The molecule has 0 spiro atoms. The SMILES string of the molecule is NCC(=O)Nc1nnccc1CN. The highest BCUT2D eigenvalue weighted by atomic mass is 16.1. The van der Waals surface area contributed by atoms with Gasteiger partial charge in [0.05, 0.1) is 12.7 Å². The van der Waals surface area contributed by atoms with Crippen LogP contribution in [0.25, 0.3) is 0 Å². The van der Waals surface area contributed by atoms with E-state index >= 15 is 0 Å². The number of carbonyl (C=O) groups is 1. The van der Waals surface area contributed by atoms with E-state index in [0.717, 1.165) is 5.56 Å². The molecule has 1 heterocycles. The standard InChI is InChI=1S/C7H11N5O/c8-3-5-1-2-10-12-7(5)11-6(13)4-9/h1-2H,3-4,8-9H2,(H,11,12,13). The molecule has 0 aromatic carbocycles. The smallest absolute Gasteiger partial charge is 0.239 e. The molecule has 1 aromatic rings. The molecule has 0 radical (unpaired) electrons. The minimum atomic E-state index is -0.310. The van der Waals surface area contributed by atoms with Crippen LogP contribution in [0.15, 0.2) is 12.3 Å². The molecule has 0 saturated carbocycles. The topological polar surface area (TPSA) is 107 Å². The molecule has 13 heavy (non-hydrogen) atoms. The Hall–Kier alpha value is -1.53. The second kappa shape index (κ2) is 4.48. The monoisotopic (exact) mass is 181 g/mol. The molecule has 0 aliphatic rings. The predicted molar refractivity (Wildman–Crippen MR) is 47.6 cm³/mol. The minimum Gasteiger partial charge on any atom is -0.326 e. The van der Waals surface area contributed by atoms with Gasteiger partial charge in [0.1, 0.15) is 0 Å². The number of hydrogen-bond donors (Lipinski definition) is 3. The molecule has 0 aliphatic carbocycles. The summed E-state index contributed by atoms with van der Waals surface area (Å²) in [6.07, 6.45) is 1.51. The summed E-state index contributed by atoms with van der Waals surface area (Å²) in [5.74, 6) is 0.0654. The zero-order chi connectivity index (χ0) is 9.68. The summed E-state index contributed by atoms with van der Waals surface area (Å²) in [5, 5.41) is 9.83. The quantitative estimate of drug-likeness (QED) is 0.544. The third-order valence-electron chi connectivity index (χ3n) is 1.47. The number of nitrogens with one attached hydrogen (secondary N) is 1. The van der Waals surface area contributed by atoms with Crippen molar-refractivity contribution in [3.05, 3.63) is 17.8 Å². The lowest BCUT2D eigenvalue weighted by Crippen LogP contribution is -2.23. The molecule has 1 rings (SSSR count). The number of nitrogens with two attached hydrogens (primary N) is 2. The van der Waals surface area contributed by atoms with Gasteiger partial charge in [-0.1, -0.05) is 0 Å². The van der Waals surface area contributed by atoms with Gasteiger partial charge >= 0.3 is 0 Å². The van der Waals surface area contributed by atoms with Crippen LogP contribution in [-0.4, -0.2) is 22.6 Å². The van der Waals surface area contributed by atoms with Gasteiger partial charge in [0.15, 0.2) is 5.82 Å². The summed E-state index contributed by atoms with van der Waals surface area (Å²) in [6, 6.07) is 1.69. The molecule has 6 nitrogen and oxygen atoms in total. The van der Waals surface area contributed by atoms with E-state index in [1.807, 2.05) is 0 Å². The summed E-state index contributed by atoms with van der Waals surface area (Å²) in [7, 11) is 0. The lowest BCUT2D eigenvalue weighted by Gasteiger charge is -2.05. The fourth-order valence-corrected chi connectivity index (χ4v) is 0.811. The van der Waals surface area contributed by atoms with Crippen molar-refractivity contribution >= 4 is 11.7 Å². The Morgan fingerprint density at radius 1 is 1.54 bits per heavy atom. The van der Waals surface area contributed by atoms with E-state index in [4.69, 9.17) is 11.5 Å². The van der Waals surface area contributed by atoms with E-state index < -0.39 is 0 Å². The van der Waals surface area contributed by atoms with E-state index in [0.29, 0.717) is 12.4 Å². The van der Waals surface area contributed by atoms with E-state index in [-0.39, 0.29) is 12.5 Å². The van der Waals surface area contributed by atoms with Crippen molar-refractivity contribution < 1.29 is 4.79 Å². The van der Waals surface area contributed by atoms with Gasteiger partial charge in [0.25, 0.3) is 0 Å². The highest BCUT2D eigenvalue weighted by Crippen LogP contribution is 2.07. The maximum Gasteiger partial charge on any atom is 0.239 e. The van der Waals surface area contributed by atoms with Crippen LogP contribution in [0.5, 0.6) is 0 Å². The first kappa shape index (κ1) is 9.56. The zero-order valence-corrected chi connectivity index (χ0v) is 7.03. The van der Waals surface area contributed by atoms with Crippen molar-refractivity contribution in [3.8, 4) is 0 Å². The largest absolute Gasteiger partial charge is 0.326 e.